The molecule has 0 saturated carbocycles. The summed E-state index contributed by atoms with van der Waals surface area (Å²) in [5.41, 5.74) is 5.80. The number of hydrogen-bond acceptors (Lipinski definition) is 3. The van der Waals surface area contributed by atoms with Crippen LogP contribution in [0.2, 0.25) is 0 Å². The molecule has 4 heteroatoms. The van der Waals surface area contributed by atoms with E-state index in [1.807, 2.05) is 17.0 Å². The van der Waals surface area contributed by atoms with Crippen LogP contribution in [0.3, 0.4) is 0 Å². The standard InChI is InChI=1S/C12H18N2O2/c13-10-5-7-14(8-6-10)12(15)4-3-11-2-1-9-16-11/h1-2,9-10H,3-8,13H2. The van der Waals surface area contributed by atoms with Crippen molar-refractivity contribution >= 4 is 5.91 Å². The van der Waals surface area contributed by atoms with Gasteiger partial charge in [-0.2, -0.15) is 0 Å². The summed E-state index contributed by atoms with van der Waals surface area (Å²) in [5, 5.41) is 0. The Morgan fingerprint density at radius 3 is 2.88 bits per heavy atom. The molecule has 1 fully saturated rings. The second-order valence-electron chi connectivity index (χ2n) is 4.30. The third-order valence-electron chi connectivity index (χ3n) is 3.06. The number of aryl methyl sites for hydroxylation is 1. The van der Waals surface area contributed by atoms with E-state index in [-0.39, 0.29) is 11.9 Å². The van der Waals surface area contributed by atoms with Crippen LogP contribution in [0.15, 0.2) is 22.8 Å². The van der Waals surface area contributed by atoms with Gasteiger partial charge < -0.3 is 15.1 Å². The maximum absolute atomic E-state index is 11.8. The van der Waals surface area contributed by atoms with Crippen molar-refractivity contribution < 1.29 is 9.21 Å². The van der Waals surface area contributed by atoms with Crippen LogP contribution in [-0.2, 0) is 11.2 Å². The molecule has 2 rings (SSSR count). The Morgan fingerprint density at radius 1 is 1.50 bits per heavy atom. The highest BCUT2D eigenvalue weighted by atomic mass is 16.3. The van der Waals surface area contributed by atoms with Gasteiger partial charge in [-0.15, -0.1) is 0 Å². The van der Waals surface area contributed by atoms with E-state index in [1.165, 1.54) is 0 Å². The predicted octanol–water partition coefficient (Wildman–Crippen LogP) is 1.16. The number of nitrogens with zero attached hydrogens (tertiary/aromatic N) is 1. The van der Waals surface area contributed by atoms with E-state index < -0.39 is 0 Å². The minimum absolute atomic E-state index is 0.211. The van der Waals surface area contributed by atoms with E-state index >= 15 is 0 Å². The summed E-state index contributed by atoms with van der Waals surface area (Å²) in [6.07, 6.45) is 4.70. The predicted molar refractivity (Wildman–Crippen MR) is 60.8 cm³/mol. The molecular weight excluding hydrogens is 204 g/mol. The zero-order valence-electron chi connectivity index (χ0n) is 9.39. The zero-order valence-corrected chi connectivity index (χ0v) is 9.39. The lowest BCUT2D eigenvalue weighted by atomic mass is 10.1. The molecule has 1 amide bonds. The fourth-order valence-corrected chi connectivity index (χ4v) is 1.99. The molecule has 0 bridgehead atoms. The van der Waals surface area contributed by atoms with Gasteiger partial charge in [-0.05, 0) is 25.0 Å². The van der Waals surface area contributed by atoms with Crippen molar-refractivity contribution in [1.82, 2.24) is 4.90 Å². The molecule has 1 aromatic rings. The highest BCUT2D eigenvalue weighted by Crippen LogP contribution is 2.11. The molecule has 4 nitrogen and oxygen atoms in total. The topological polar surface area (TPSA) is 59.5 Å². The molecule has 2 heterocycles. The average molecular weight is 222 g/mol. The van der Waals surface area contributed by atoms with E-state index in [9.17, 15) is 4.79 Å². The van der Waals surface area contributed by atoms with E-state index in [2.05, 4.69) is 0 Å². The van der Waals surface area contributed by atoms with Gasteiger partial charge in [0.05, 0.1) is 6.26 Å². The Labute approximate surface area is 95.4 Å². The first-order valence-corrected chi connectivity index (χ1v) is 5.81. The van der Waals surface area contributed by atoms with Gasteiger partial charge in [-0.3, -0.25) is 4.79 Å². The van der Waals surface area contributed by atoms with Crippen molar-refractivity contribution in [3.8, 4) is 0 Å². The summed E-state index contributed by atoms with van der Waals surface area (Å²) in [5.74, 6) is 1.09. The Bertz CT molecular complexity index is 327. The second kappa shape index (κ2) is 5.16. The third-order valence-corrected chi connectivity index (χ3v) is 3.06. The molecule has 1 aliphatic heterocycles. The number of piperidine rings is 1. The monoisotopic (exact) mass is 222 g/mol. The number of amides is 1. The van der Waals surface area contributed by atoms with Crippen molar-refractivity contribution in [2.24, 2.45) is 5.73 Å². The third kappa shape index (κ3) is 2.85. The molecule has 0 radical (unpaired) electrons. The molecule has 88 valence electrons. The summed E-state index contributed by atoms with van der Waals surface area (Å²) >= 11 is 0. The van der Waals surface area contributed by atoms with Crippen LogP contribution in [-0.4, -0.2) is 29.9 Å². The Kier molecular flexibility index (Phi) is 3.62. The maximum atomic E-state index is 11.8. The van der Waals surface area contributed by atoms with E-state index in [0.29, 0.717) is 12.8 Å². The molecular formula is C12H18N2O2. The highest BCUT2D eigenvalue weighted by molar-refractivity contribution is 5.76. The van der Waals surface area contributed by atoms with E-state index in [1.54, 1.807) is 6.26 Å². The van der Waals surface area contributed by atoms with Crippen molar-refractivity contribution in [1.29, 1.82) is 0 Å². The first-order chi connectivity index (χ1) is 7.75. The van der Waals surface area contributed by atoms with Gasteiger partial charge >= 0.3 is 0 Å². The summed E-state index contributed by atoms with van der Waals surface area (Å²) in [6, 6.07) is 4.02. The van der Waals surface area contributed by atoms with Crippen molar-refractivity contribution in [2.75, 3.05) is 13.1 Å². The molecule has 1 saturated heterocycles. The summed E-state index contributed by atoms with van der Waals surface area (Å²) in [7, 11) is 0. The maximum Gasteiger partial charge on any atom is 0.223 e. The number of hydrogen-bond donors (Lipinski definition) is 1. The number of likely N-dealkylation sites (tertiary alicyclic amines) is 1. The largest absolute Gasteiger partial charge is 0.469 e. The highest BCUT2D eigenvalue weighted by Gasteiger charge is 2.20. The molecule has 1 aliphatic rings. The van der Waals surface area contributed by atoms with Crippen molar-refractivity contribution in [2.45, 2.75) is 31.7 Å². The quantitative estimate of drug-likeness (QED) is 0.835. The Morgan fingerprint density at radius 2 is 2.25 bits per heavy atom. The Balaban J connectivity index is 1.75. The molecule has 1 aromatic heterocycles. The van der Waals surface area contributed by atoms with Crippen LogP contribution in [0.1, 0.15) is 25.0 Å². The van der Waals surface area contributed by atoms with Gasteiger partial charge in [0.25, 0.3) is 0 Å². The molecule has 16 heavy (non-hydrogen) atoms. The van der Waals surface area contributed by atoms with Crippen molar-refractivity contribution in [3.05, 3.63) is 24.2 Å². The fourth-order valence-electron chi connectivity index (χ4n) is 1.99. The zero-order chi connectivity index (χ0) is 11.4. The molecule has 2 N–H and O–H groups in total. The lowest BCUT2D eigenvalue weighted by Gasteiger charge is -2.30. The number of rotatable bonds is 3. The van der Waals surface area contributed by atoms with Gasteiger partial charge in [-0.25, -0.2) is 0 Å². The number of carbonyl (C=O) groups is 1. The van der Waals surface area contributed by atoms with Crippen molar-refractivity contribution in [3.63, 3.8) is 0 Å². The van der Waals surface area contributed by atoms with E-state index in [0.717, 1.165) is 31.7 Å². The smallest absolute Gasteiger partial charge is 0.223 e. The fraction of sp³-hybridized carbons (Fsp3) is 0.583. The molecule has 0 unspecified atom stereocenters. The molecule has 0 atom stereocenters. The number of carbonyl (C=O) groups excluding carboxylic acids is 1. The summed E-state index contributed by atoms with van der Waals surface area (Å²) in [4.78, 5) is 13.8. The average Bonchev–Trinajstić information content (AvgIpc) is 2.80. The SMILES string of the molecule is NC1CCN(C(=O)CCc2ccco2)CC1. The Hall–Kier alpha value is -1.29. The first kappa shape index (κ1) is 11.2. The van der Waals surface area contributed by atoms with Gasteiger partial charge in [0.2, 0.25) is 5.91 Å². The van der Waals surface area contributed by atoms with Crippen LogP contribution >= 0.6 is 0 Å². The molecule has 0 aliphatic carbocycles. The van der Waals surface area contributed by atoms with Gasteiger partial charge in [0, 0.05) is 32.0 Å². The molecule has 0 aromatic carbocycles. The number of nitrogens with two attached hydrogens (primary N) is 1. The van der Waals surface area contributed by atoms with Gasteiger partial charge in [0.15, 0.2) is 0 Å². The van der Waals surface area contributed by atoms with Crippen LogP contribution in [0.25, 0.3) is 0 Å². The first-order valence-electron chi connectivity index (χ1n) is 5.81. The second-order valence-corrected chi connectivity index (χ2v) is 4.30. The lowest BCUT2D eigenvalue weighted by molar-refractivity contribution is -0.132. The van der Waals surface area contributed by atoms with E-state index in [4.69, 9.17) is 10.2 Å². The normalized spacial score (nSPS) is 17.7. The van der Waals surface area contributed by atoms with Gasteiger partial charge in [-0.1, -0.05) is 0 Å². The van der Waals surface area contributed by atoms with Gasteiger partial charge in [0.1, 0.15) is 5.76 Å². The minimum Gasteiger partial charge on any atom is -0.469 e. The minimum atomic E-state index is 0.211. The van der Waals surface area contributed by atoms with Crippen LogP contribution in [0.4, 0.5) is 0 Å². The van der Waals surface area contributed by atoms with Crippen LogP contribution in [0.5, 0.6) is 0 Å². The summed E-state index contributed by atoms with van der Waals surface area (Å²) in [6.45, 7) is 1.61. The molecule has 0 spiro atoms. The summed E-state index contributed by atoms with van der Waals surface area (Å²) < 4.78 is 5.20. The van der Waals surface area contributed by atoms with Crippen LogP contribution < -0.4 is 5.73 Å². The number of furan rings is 1. The lowest BCUT2D eigenvalue weighted by Crippen LogP contribution is -2.42. The van der Waals surface area contributed by atoms with Crippen LogP contribution in [0, 0.1) is 0 Å².